The molecule has 0 saturated carbocycles. The first-order valence-electron chi connectivity index (χ1n) is 7.87. The van der Waals surface area contributed by atoms with Crippen molar-refractivity contribution in [3.63, 3.8) is 0 Å². The second-order valence-corrected chi connectivity index (χ2v) is 5.51. The third kappa shape index (κ3) is 9.10. The van der Waals surface area contributed by atoms with Crippen LogP contribution in [0.1, 0.15) is 32.8 Å². The molecule has 6 heteroatoms. The molecule has 0 aromatic heterocycles. The number of guanidine groups is 1. The van der Waals surface area contributed by atoms with E-state index in [1.807, 2.05) is 6.92 Å². The van der Waals surface area contributed by atoms with E-state index in [0.717, 1.165) is 31.1 Å². The molecule has 0 fully saturated rings. The van der Waals surface area contributed by atoms with Crippen molar-refractivity contribution in [1.82, 2.24) is 10.6 Å². The SMILES string of the molecule is CCOC(CCNC(=NC)NCc1ccc(F)cc1)C(C)C.I. The molecule has 1 aromatic rings. The average Bonchev–Trinajstić information content (AvgIpc) is 2.51. The highest BCUT2D eigenvalue weighted by molar-refractivity contribution is 14.0. The summed E-state index contributed by atoms with van der Waals surface area (Å²) in [7, 11) is 1.74. The van der Waals surface area contributed by atoms with Gasteiger partial charge in [0.25, 0.3) is 0 Å². The zero-order valence-corrected chi connectivity index (χ0v) is 16.8. The molecule has 0 aliphatic carbocycles. The minimum atomic E-state index is -0.220. The first-order valence-corrected chi connectivity index (χ1v) is 7.87. The first kappa shape index (κ1) is 22.1. The summed E-state index contributed by atoms with van der Waals surface area (Å²) in [6.45, 7) is 8.50. The molecule has 23 heavy (non-hydrogen) atoms. The Balaban J connectivity index is 0.00000484. The number of benzene rings is 1. The van der Waals surface area contributed by atoms with Crippen LogP contribution in [0, 0.1) is 11.7 Å². The number of hydrogen-bond donors (Lipinski definition) is 2. The Bertz CT molecular complexity index is 452. The fourth-order valence-corrected chi connectivity index (χ4v) is 2.16. The summed E-state index contributed by atoms with van der Waals surface area (Å²) in [6, 6.07) is 6.45. The molecular formula is C17H29FIN3O. The Morgan fingerprint density at radius 2 is 1.87 bits per heavy atom. The predicted molar refractivity (Wildman–Crippen MR) is 105 cm³/mol. The number of hydrogen-bond acceptors (Lipinski definition) is 2. The maximum absolute atomic E-state index is 12.9. The van der Waals surface area contributed by atoms with Gasteiger partial charge in [-0.1, -0.05) is 26.0 Å². The predicted octanol–water partition coefficient (Wildman–Crippen LogP) is 3.56. The smallest absolute Gasteiger partial charge is 0.191 e. The van der Waals surface area contributed by atoms with Gasteiger partial charge in [-0.15, -0.1) is 24.0 Å². The van der Waals surface area contributed by atoms with Crippen molar-refractivity contribution in [1.29, 1.82) is 0 Å². The summed E-state index contributed by atoms with van der Waals surface area (Å²) in [5, 5.41) is 6.50. The second kappa shape index (κ2) is 12.5. The van der Waals surface area contributed by atoms with Gasteiger partial charge in [-0.2, -0.15) is 0 Å². The van der Waals surface area contributed by atoms with Gasteiger partial charge in [0, 0.05) is 26.7 Å². The van der Waals surface area contributed by atoms with Crippen LogP contribution in [0.25, 0.3) is 0 Å². The average molecular weight is 437 g/mol. The summed E-state index contributed by atoms with van der Waals surface area (Å²) < 4.78 is 18.6. The van der Waals surface area contributed by atoms with E-state index in [-0.39, 0.29) is 35.9 Å². The van der Waals surface area contributed by atoms with Crippen LogP contribution in [-0.4, -0.2) is 32.3 Å². The van der Waals surface area contributed by atoms with Gasteiger partial charge in [-0.05, 0) is 37.0 Å². The van der Waals surface area contributed by atoms with Crippen molar-refractivity contribution < 1.29 is 9.13 Å². The van der Waals surface area contributed by atoms with Crippen molar-refractivity contribution in [2.75, 3.05) is 20.2 Å². The van der Waals surface area contributed by atoms with E-state index >= 15 is 0 Å². The third-order valence-electron chi connectivity index (χ3n) is 3.44. The molecule has 0 aliphatic rings. The Labute approximate surface area is 156 Å². The van der Waals surface area contributed by atoms with E-state index in [4.69, 9.17) is 4.74 Å². The van der Waals surface area contributed by atoms with Crippen LogP contribution < -0.4 is 10.6 Å². The summed E-state index contributed by atoms with van der Waals surface area (Å²) in [6.07, 6.45) is 1.19. The minimum absolute atomic E-state index is 0. The van der Waals surface area contributed by atoms with Crippen LogP contribution in [0.15, 0.2) is 29.3 Å². The van der Waals surface area contributed by atoms with Gasteiger partial charge < -0.3 is 15.4 Å². The van der Waals surface area contributed by atoms with Gasteiger partial charge in [-0.25, -0.2) is 4.39 Å². The van der Waals surface area contributed by atoms with Crippen LogP contribution in [-0.2, 0) is 11.3 Å². The fraction of sp³-hybridized carbons (Fsp3) is 0.588. The van der Waals surface area contributed by atoms with Crippen LogP contribution in [0.4, 0.5) is 4.39 Å². The molecule has 0 aliphatic heterocycles. The quantitative estimate of drug-likeness (QED) is 0.372. The van der Waals surface area contributed by atoms with Gasteiger partial charge in [0.15, 0.2) is 5.96 Å². The van der Waals surface area contributed by atoms with Gasteiger partial charge in [-0.3, -0.25) is 4.99 Å². The van der Waals surface area contributed by atoms with Crippen molar-refractivity contribution in [3.05, 3.63) is 35.6 Å². The highest BCUT2D eigenvalue weighted by atomic mass is 127. The lowest BCUT2D eigenvalue weighted by atomic mass is 10.0. The molecule has 0 radical (unpaired) electrons. The van der Waals surface area contributed by atoms with Crippen molar-refractivity contribution in [3.8, 4) is 0 Å². The topological polar surface area (TPSA) is 45.6 Å². The summed E-state index contributed by atoms with van der Waals surface area (Å²) >= 11 is 0. The van der Waals surface area contributed by atoms with Crippen LogP contribution >= 0.6 is 24.0 Å². The Hall–Kier alpha value is -0.890. The molecule has 0 heterocycles. The summed E-state index contributed by atoms with van der Waals surface area (Å²) in [5.41, 5.74) is 1.01. The molecule has 132 valence electrons. The number of aliphatic imine (C=N–C) groups is 1. The van der Waals surface area contributed by atoms with Gasteiger partial charge in [0.05, 0.1) is 6.10 Å². The Morgan fingerprint density at radius 1 is 1.22 bits per heavy atom. The number of nitrogens with zero attached hydrogens (tertiary/aromatic N) is 1. The van der Waals surface area contributed by atoms with Gasteiger partial charge in [0.1, 0.15) is 5.82 Å². The molecule has 1 unspecified atom stereocenters. The van der Waals surface area contributed by atoms with Crippen molar-refractivity contribution in [2.45, 2.75) is 39.8 Å². The van der Waals surface area contributed by atoms with E-state index in [1.54, 1.807) is 19.2 Å². The molecule has 0 amide bonds. The minimum Gasteiger partial charge on any atom is -0.378 e. The lowest BCUT2D eigenvalue weighted by molar-refractivity contribution is 0.0258. The first-order chi connectivity index (χ1) is 10.6. The summed E-state index contributed by atoms with van der Waals surface area (Å²) in [5.74, 6) is 1.01. The van der Waals surface area contributed by atoms with Crippen LogP contribution in [0.2, 0.25) is 0 Å². The molecule has 0 saturated heterocycles. The van der Waals surface area contributed by atoms with E-state index in [2.05, 4.69) is 29.5 Å². The molecule has 4 nitrogen and oxygen atoms in total. The highest BCUT2D eigenvalue weighted by Gasteiger charge is 2.12. The zero-order chi connectivity index (χ0) is 16.4. The molecule has 1 aromatic carbocycles. The van der Waals surface area contributed by atoms with Gasteiger partial charge >= 0.3 is 0 Å². The number of rotatable bonds is 8. The van der Waals surface area contributed by atoms with Crippen molar-refractivity contribution in [2.24, 2.45) is 10.9 Å². The largest absolute Gasteiger partial charge is 0.378 e. The monoisotopic (exact) mass is 437 g/mol. The van der Waals surface area contributed by atoms with Crippen LogP contribution in [0.3, 0.4) is 0 Å². The molecule has 1 atom stereocenters. The van der Waals surface area contributed by atoms with E-state index in [0.29, 0.717) is 12.5 Å². The van der Waals surface area contributed by atoms with Crippen LogP contribution in [0.5, 0.6) is 0 Å². The van der Waals surface area contributed by atoms with Gasteiger partial charge in [0.2, 0.25) is 0 Å². The number of halogens is 2. The molecule has 0 bridgehead atoms. The fourth-order valence-electron chi connectivity index (χ4n) is 2.16. The highest BCUT2D eigenvalue weighted by Crippen LogP contribution is 2.09. The normalized spacial score (nSPS) is 12.7. The molecule has 2 N–H and O–H groups in total. The molecule has 0 spiro atoms. The van der Waals surface area contributed by atoms with Crippen molar-refractivity contribution >= 4 is 29.9 Å². The Morgan fingerprint density at radius 3 is 2.39 bits per heavy atom. The third-order valence-corrected chi connectivity index (χ3v) is 3.44. The lowest BCUT2D eigenvalue weighted by Crippen LogP contribution is -2.38. The zero-order valence-electron chi connectivity index (χ0n) is 14.4. The molecule has 1 rings (SSSR count). The maximum atomic E-state index is 12.9. The summed E-state index contributed by atoms with van der Waals surface area (Å²) in [4.78, 5) is 4.19. The lowest BCUT2D eigenvalue weighted by Gasteiger charge is -2.21. The van der Waals surface area contributed by atoms with E-state index in [9.17, 15) is 4.39 Å². The second-order valence-electron chi connectivity index (χ2n) is 5.51. The maximum Gasteiger partial charge on any atom is 0.191 e. The number of nitrogens with one attached hydrogen (secondary N) is 2. The molecular weight excluding hydrogens is 408 g/mol. The van der Waals surface area contributed by atoms with E-state index in [1.165, 1.54) is 12.1 Å². The number of ether oxygens (including phenoxy) is 1. The van der Waals surface area contributed by atoms with E-state index < -0.39 is 0 Å². The standard InChI is InChI=1S/C17H28FN3O.HI/c1-5-22-16(13(2)3)10-11-20-17(19-4)21-12-14-6-8-15(18)9-7-14;/h6-9,13,16H,5,10-12H2,1-4H3,(H2,19,20,21);1H. The Kier molecular flexibility index (Phi) is 12.0.